The second-order valence-electron chi connectivity index (χ2n) is 4.85. The summed E-state index contributed by atoms with van der Waals surface area (Å²) in [6, 6.07) is 5.58. The number of carbonyl (C=O) groups is 1. The molecule has 2 heterocycles. The monoisotopic (exact) mass is 273 g/mol. The fourth-order valence-corrected chi connectivity index (χ4v) is 2.12. The van der Waals surface area contributed by atoms with Gasteiger partial charge in [-0.05, 0) is 39.3 Å². The predicted octanol–water partition coefficient (Wildman–Crippen LogP) is 2.50. The van der Waals surface area contributed by atoms with E-state index >= 15 is 0 Å². The van der Waals surface area contributed by atoms with Crippen LogP contribution in [0.5, 0.6) is 0 Å². The number of nitrogens with one attached hydrogen (secondary N) is 1. The Kier molecular flexibility index (Phi) is 4.50. The summed E-state index contributed by atoms with van der Waals surface area (Å²) in [5.74, 6) is 0.788. The Morgan fingerprint density at radius 2 is 2.20 bits per heavy atom. The maximum absolute atomic E-state index is 12.0. The molecule has 5 nitrogen and oxygen atoms in total. The van der Waals surface area contributed by atoms with Crippen LogP contribution in [0.2, 0.25) is 0 Å². The summed E-state index contributed by atoms with van der Waals surface area (Å²) in [5.41, 5.74) is 2.73. The zero-order valence-corrected chi connectivity index (χ0v) is 12.0. The van der Waals surface area contributed by atoms with Gasteiger partial charge in [0.1, 0.15) is 5.76 Å². The molecule has 2 aromatic heterocycles. The number of aryl methyl sites for hydroxylation is 2. The van der Waals surface area contributed by atoms with Gasteiger partial charge >= 0.3 is 0 Å². The first-order chi connectivity index (χ1) is 9.58. The highest BCUT2D eigenvalue weighted by Crippen LogP contribution is 2.15. The number of pyridine rings is 1. The number of aromatic nitrogens is 2. The van der Waals surface area contributed by atoms with E-state index in [0.29, 0.717) is 12.8 Å². The molecule has 2 rings (SSSR count). The van der Waals surface area contributed by atoms with E-state index in [-0.39, 0.29) is 11.9 Å². The van der Waals surface area contributed by atoms with Gasteiger partial charge in [0, 0.05) is 18.2 Å². The first-order valence-electron chi connectivity index (χ1n) is 6.70. The molecule has 0 aliphatic carbocycles. The number of amides is 1. The standard InChI is InChI=1S/C15H19N3O2/c1-10-13(12(3)20-18-10)7-8-15(19)17-11(2)14-6-4-5-9-16-14/h4-6,9,11H,7-8H2,1-3H3,(H,17,19)/t11-/m1/s1. The van der Waals surface area contributed by atoms with E-state index in [0.717, 1.165) is 22.7 Å². The summed E-state index contributed by atoms with van der Waals surface area (Å²) < 4.78 is 5.09. The number of rotatable bonds is 5. The molecule has 5 heteroatoms. The van der Waals surface area contributed by atoms with Crippen molar-refractivity contribution >= 4 is 5.91 Å². The normalized spacial score (nSPS) is 12.2. The van der Waals surface area contributed by atoms with Crippen molar-refractivity contribution < 1.29 is 9.32 Å². The summed E-state index contributed by atoms with van der Waals surface area (Å²) in [7, 11) is 0. The van der Waals surface area contributed by atoms with Crippen LogP contribution in [0.4, 0.5) is 0 Å². The van der Waals surface area contributed by atoms with Gasteiger partial charge in [-0.25, -0.2) is 0 Å². The van der Waals surface area contributed by atoms with Crippen LogP contribution in [0.3, 0.4) is 0 Å². The molecule has 0 aromatic carbocycles. The van der Waals surface area contributed by atoms with Gasteiger partial charge in [-0.2, -0.15) is 0 Å². The van der Waals surface area contributed by atoms with Crippen molar-refractivity contribution in [3.8, 4) is 0 Å². The Hall–Kier alpha value is -2.17. The van der Waals surface area contributed by atoms with Gasteiger partial charge in [0.25, 0.3) is 0 Å². The lowest BCUT2D eigenvalue weighted by Gasteiger charge is -2.13. The first kappa shape index (κ1) is 14.2. The minimum atomic E-state index is -0.0895. The Bertz CT molecular complexity index is 559. The van der Waals surface area contributed by atoms with E-state index < -0.39 is 0 Å². The summed E-state index contributed by atoms with van der Waals surface area (Å²) in [6.45, 7) is 5.68. The number of hydrogen-bond acceptors (Lipinski definition) is 4. The maximum Gasteiger partial charge on any atom is 0.220 e. The molecule has 0 saturated heterocycles. The molecule has 2 aromatic rings. The largest absolute Gasteiger partial charge is 0.361 e. The van der Waals surface area contributed by atoms with Crippen molar-refractivity contribution in [3.05, 3.63) is 47.1 Å². The lowest BCUT2D eigenvalue weighted by Crippen LogP contribution is -2.27. The van der Waals surface area contributed by atoms with Gasteiger partial charge < -0.3 is 9.84 Å². The molecule has 106 valence electrons. The summed E-state index contributed by atoms with van der Waals surface area (Å²) in [5, 5.41) is 6.83. The third-order valence-corrected chi connectivity index (χ3v) is 3.29. The van der Waals surface area contributed by atoms with Crippen LogP contribution < -0.4 is 5.32 Å². The molecule has 0 aliphatic rings. The molecule has 1 N–H and O–H groups in total. The SMILES string of the molecule is Cc1noc(C)c1CCC(=O)N[C@H](C)c1ccccn1. The lowest BCUT2D eigenvalue weighted by molar-refractivity contribution is -0.121. The highest BCUT2D eigenvalue weighted by atomic mass is 16.5. The second kappa shape index (κ2) is 6.32. The van der Waals surface area contributed by atoms with Gasteiger partial charge in [-0.1, -0.05) is 11.2 Å². The van der Waals surface area contributed by atoms with Gasteiger partial charge in [-0.3, -0.25) is 9.78 Å². The molecule has 0 unspecified atom stereocenters. The molecule has 1 atom stereocenters. The molecular formula is C15H19N3O2. The number of nitrogens with zero attached hydrogens (tertiary/aromatic N) is 2. The fourth-order valence-electron chi connectivity index (χ4n) is 2.12. The Labute approximate surface area is 118 Å². The third-order valence-electron chi connectivity index (χ3n) is 3.29. The topological polar surface area (TPSA) is 68.0 Å². The summed E-state index contributed by atoms with van der Waals surface area (Å²) in [6.07, 6.45) is 2.78. The van der Waals surface area contributed by atoms with E-state index in [9.17, 15) is 4.79 Å². The smallest absolute Gasteiger partial charge is 0.220 e. The molecule has 0 aliphatic heterocycles. The van der Waals surface area contributed by atoms with E-state index in [1.807, 2.05) is 39.0 Å². The van der Waals surface area contributed by atoms with E-state index in [2.05, 4.69) is 15.5 Å². The third kappa shape index (κ3) is 3.44. The van der Waals surface area contributed by atoms with Crippen molar-refractivity contribution in [2.45, 2.75) is 39.7 Å². The van der Waals surface area contributed by atoms with Crippen LogP contribution >= 0.6 is 0 Å². The van der Waals surface area contributed by atoms with Crippen molar-refractivity contribution in [1.29, 1.82) is 0 Å². The Balaban J connectivity index is 1.87. The average molecular weight is 273 g/mol. The van der Waals surface area contributed by atoms with Crippen molar-refractivity contribution in [3.63, 3.8) is 0 Å². The van der Waals surface area contributed by atoms with Crippen molar-refractivity contribution in [2.75, 3.05) is 0 Å². The number of carbonyl (C=O) groups excluding carboxylic acids is 1. The van der Waals surface area contributed by atoms with Gasteiger partial charge in [0.05, 0.1) is 17.4 Å². The molecule has 0 saturated carbocycles. The van der Waals surface area contributed by atoms with Crippen LogP contribution in [-0.4, -0.2) is 16.0 Å². The van der Waals surface area contributed by atoms with Crippen molar-refractivity contribution in [1.82, 2.24) is 15.5 Å². The van der Waals surface area contributed by atoms with E-state index in [1.165, 1.54) is 0 Å². The highest BCUT2D eigenvalue weighted by molar-refractivity contribution is 5.76. The first-order valence-corrected chi connectivity index (χ1v) is 6.70. The summed E-state index contributed by atoms with van der Waals surface area (Å²) in [4.78, 5) is 16.2. The van der Waals surface area contributed by atoms with Crippen LogP contribution in [0.1, 0.15) is 42.1 Å². The highest BCUT2D eigenvalue weighted by Gasteiger charge is 2.13. The van der Waals surface area contributed by atoms with Gasteiger partial charge in [0.15, 0.2) is 0 Å². The van der Waals surface area contributed by atoms with Crippen LogP contribution in [0.25, 0.3) is 0 Å². The number of hydrogen-bond donors (Lipinski definition) is 1. The fraction of sp³-hybridized carbons (Fsp3) is 0.400. The second-order valence-corrected chi connectivity index (χ2v) is 4.85. The van der Waals surface area contributed by atoms with Crippen LogP contribution in [0, 0.1) is 13.8 Å². The molecule has 1 amide bonds. The molecule has 0 bridgehead atoms. The molecule has 20 heavy (non-hydrogen) atoms. The van der Waals surface area contributed by atoms with E-state index in [1.54, 1.807) is 6.20 Å². The Morgan fingerprint density at radius 3 is 2.80 bits per heavy atom. The summed E-state index contributed by atoms with van der Waals surface area (Å²) >= 11 is 0. The molecule has 0 spiro atoms. The predicted molar refractivity (Wildman–Crippen MR) is 75.1 cm³/mol. The van der Waals surface area contributed by atoms with Crippen molar-refractivity contribution in [2.24, 2.45) is 0 Å². The van der Waals surface area contributed by atoms with Crippen LogP contribution in [0.15, 0.2) is 28.9 Å². The Morgan fingerprint density at radius 1 is 1.40 bits per heavy atom. The zero-order valence-electron chi connectivity index (χ0n) is 12.0. The van der Waals surface area contributed by atoms with Gasteiger partial charge in [-0.15, -0.1) is 0 Å². The van der Waals surface area contributed by atoms with Crippen LogP contribution in [-0.2, 0) is 11.2 Å². The van der Waals surface area contributed by atoms with E-state index in [4.69, 9.17) is 4.52 Å². The minimum absolute atomic E-state index is 0.00292. The minimum Gasteiger partial charge on any atom is -0.361 e. The average Bonchev–Trinajstić information content (AvgIpc) is 2.77. The maximum atomic E-state index is 12.0. The lowest BCUT2D eigenvalue weighted by atomic mass is 10.1. The molecule has 0 fully saturated rings. The molecule has 0 radical (unpaired) electrons. The van der Waals surface area contributed by atoms with Gasteiger partial charge in [0.2, 0.25) is 5.91 Å². The zero-order chi connectivity index (χ0) is 14.5. The quantitative estimate of drug-likeness (QED) is 0.908. The molecular weight excluding hydrogens is 254 g/mol.